The van der Waals surface area contributed by atoms with E-state index >= 15 is 0 Å². The SMILES string of the molecule is COC(=O)c1cccc(NS(=O)(=O)c2ccc(C(C)C)cc2)c1. The minimum atomic E-state index is -3.71. The van der Waals surface area contributed by atoms with E-state index in [0.717, 1.165) is 5.56 Å². The molecule has 2 aromatic carbocycles. The normalized spacial score (nSPS) is 11.3. The zero-order valence-corrected chi connectivity index (χ0v) is 14.1. The van der Waals surface area contributed by atoms with Crippen molar-refractivity contribution in [2.75, 3.05) is 11.8 Å². The van der Waals surface area contributed by atoms with Crippen molar-refractivity contribution in [3.63, 3.8) is 0 Å². The molecule has 0 aliphatic heterocycles. The molecular formula is C17H19NO4S. The lowest BCUT2D eigenvalue weighted by atomic mass is 10.0. The number of ether oxygens (including phenoxy) is 1. The molecule has 0 spiro atoms. The Morgan fingerprint density at radius 1 is 1.09 bits per heavy atom. The third-order valence-corrected chi connectivity index (χ3v) is 4.79. The Labute approximate surface area is 136 Å². The second kappa shape index (κ2) is 6.83. The predicted molar refractivity (Wildman–Crippen MR) is 89.1 cm³/mol. The summed E-state index contributed by atoms with van der Waals surface area (Å²) in [7, 11) is -2.43. The van der Waals surface area contributed by atoms with Crippen molar-refractivity contribution >= 4 is 21.7 Å². The molecule has 1 N–H and O–H groups in total. The molecule has 0 amide bonds. The second-order valence-corrected chi connectivity index (χ2v) is 7.08. The first-order valence-corrected chi connectivity index (χ1v) is 8.63. The van der Waals surface area contributed by atoms with E-state index in [1.165, 1.54) is 13.2 Å². The van der Waals surface area contributed by atoms with Gasteiger partial charge in [-0.2, -0.15) is 0 Å². The van der Waals surface area contributed by atoms with E-state index < -0.39 is 16.0 Å². The van der Waals surface area contributed by atoms with E-state index in [0.29, 0.717) is 11.6 Å². The summed E-state index contributed by atoms with van der Waals surface area (Å²) in [6.07, 6.45) is 0. The van der Waals surface area contributed by atoms with E-state index in [-0.39, 0.29) is 10.5 Å². The maximum atomic E-state index is 12.4. The van der Waals surface area contributed by atoms with Gasteiger partial charge < -0.3 is 4.74 Å². The van der Waals surface area contributed by atoms with Gasteiger partial charge in [0.1, 0.15) is 0 Å². The number of methoxy groups -OCH3 is 1. The largest absolute Gasteiger partial charge is 0.465 e. The number of sulfonamides is 1. The Morgan fingerprint density at radius 2 is 1.74 bits per heavy atom. The van der Waals surface area contributed by atoms with Crippen molar-refractivity contribution in [1.29, 1.82) is 0 Å². The summed E-state index contributed by atoms with van der Waals surface area (Å²) in [5.41, 5.74) is 1.65. The van der Waals surface area contributed by atoms with Crippen molar-refractivity contribution in [3.8, 4) is 0 Å². The number of rotatable bonds is 5. The maximum absolute atomic E-state index is 12.4. The van der Waals surface area contributed by atoms with Gasteiger partial charge in [-0.25, -0.2) is 13.2 Å². The third-order valence-electron chi connectivity index (χ3n) is 3.39. The van der Waals surface area contributed by atoms with Crippen molar-refractivity contribution in [3.05, 3.63) is 59.7 Å². The van der Waals surface area contributed by atoms with Crippen LogP contribution in [0.25, 0.3) is 0 Å². The van der Waals surface area contributed by atoms with Crippen LogP contribution in [-0.2, 0) is 14.8 Å². The molecule has 0 bridgehead atoms. The van der Waals surface area contributed by atoms with Crippen LogP contribution in [0, 0.1) is 0 Å². The molecule has 0 aliphatic rings. The summed E-state index contributed by atoms with van der Waals surface area (Å²) in [5.74, 6) is -0.191. The molecule has 0 saturated carbocycles. The van der Waals surface area contributed by atoms with Crippen LogP contribution in [0.4, 0.5) is 5.69 Å². The summed E-state index contributed by atoms with van der Waals surface area (Å²) in [5, 5.41) is 0. The van der Waals surface area contributed by atoms with Gasteiger partial charge in [-0.1, -0.05) is 32.0 Å². The molecule has 0 saturated heterocycles. The van der Waals surface area contributed by atoms with Gasteiger partial charge in [0.05, 0.1) is 17.6 Å². The fraction of sp³-hybridized carbons (Fsp3) is 0.235. The lowest BCUT2D eigenvalue weighted by Crippen LogP contribution is -2.13. The fourth-order valence-electron chi connectivity index (χ4n) is 2.07. The quantitative estimate of drug-likeness (QED) is 0.851. The first-order chi connectivity index (χ1) is 10.8. The number of carbonyl (C=O) groups excluding carboxylic acids is 1. The van der Waals surface area contributed by atoms with Crippen LogP contribution >= 0.6 is 0 Å². The Balaban J connectivity index is 2.26. The number of hydrogen-bond acceptors (Lipinski definition) is 4. The lowest BCUT2D eigenvalue weighted by molar-refractivity contribution is 0.0601. The molecule has 2 rings (SSSR count). The van der Waals surface area contributed by atoms with Crippen LogP contribution in [0.2, 0.25) is 0 Å². The standard InChI is InChI=1S/C17H19NO4S/c1-12(2)13-7-9-16(10-8-13)23(20,21)18-15-6-4-5-14(11-15)17(19)22-3/h4-12,18H,1-3H3. The Kier molecular flexibility index (Phi) is 5.05. The van der Waals surface area contributed by atoms with Gasteiger partial charge in [-0.3, -0.25) is 4.72 Å². The van der Waals surface area contributed by atoms with Gasteiger partial charge >= 0.3 is 5.97 Å². The highest BCUT2D eigenvalue weighted by Crippen LogP contribution is 2.20. The van der Waals surface area contributed by atoms with E-state index in [1.54, 1.807) is 42.5 Å². The van der Waals surface area contributed by atoms with Crippen LogP contribution < -0.4 is 4.72 Å². The topological polar surface area (TPSA) is 72.5 Å². The molecule has 23 heavy (non-hydrogen) atoms. The highest BCUT2D eigenvalue weighted by atomic mass is 32.2. The number of nitrogens with one attached hydrogen (secondary N) is 1. The fourth-order valence-corrected chi connectivity index (χ4v) is 3.12. The average molecular weight is 333 g/mol. The van der Waals surface area contributed by atoms with E-state index in [2.05, 4.69) is 9.46 Å². The van der Waals surface area contributed by atoms with Crippen LogP contribution in [0.15, 0.2) is 53.4 Å². The number of benzene rings is 2. The maximum Gasteiger partial charge on any atom is 0.337 e. The summed E-state index contributed by atoms with van der Waals surface area (Å²) < 4.78 is 31.9. The zero-order valence-electron chi connectivity index (χ0n) is 13.2. The van der Waals surface area contributed by atoms with E-state index in [1.807, 2.05) is 13.8 Å². The Morgan fingerprint density at radius 3 is 2.30 bits per heavy atom. The summed E-state index contributed by atoms with van der Waals surface area (Å²) in [6, 6.07) is 12.9. The second-order valence-electron chi connectivity index (χ2n) is 5.40. The van der Waals surface area contributed by atoms with Gasteiger partial charge in [0.25, 0.3) is 10.0 Å². The van der Waals surface area contributed by atoms with Crippen molar-refractivity contribution < 1.29 is 17.9 Å². The number of carbonyl (C=O) groups is 1. The van der Waals surface area contributed by atoms with Gasteiger partial charge in [-0.05, 0) is 41.8 Å². The molecule has 0 atom stereocenters. The summed E-state index contributed by atoms with van der Waals surface area (Å²) in [6.45, 7) is 4.08. The number of esters is 1. The Hall–Kier alpha value is -2.34. The average Bonchev–Trinajstić information content (AvgIpc) is 2.54. The minimum absolute atomic E-state index is 0.172. The molecule has 0 radical (unpaired) electrons. The summed E-state index contributed by atoms with van der Waals surface area (Å²) >= 11 is 0. The monoisotopic (exact) mass is 333 g/mol. The number of anilines is 1. The molecule has 0 aromatic heterocycles. The zero-order chi connectivity index (χ0) is 17.0. The highest BCUT2D eigenvalue weighted by Gasteiger charge is 2.15. The first-order valence-electron chi connectivity index (χ1n) is 7.14. The van der Waals surface area contributed by atoms with Gasteiger partial charge in [-0.15, -0.1) is 0 Å². The van der Waals surface area contributed by atoms with Crippen molar-refractivity contribution in [1.82, 2.24) is 0 Å². The molecule has 122 valence electrons. The van der Waals surface area contributed by atoms with Gasteiger partial charge in [0, 0.05) is 5.69 Å². The highest BCUT2D eigenvalue weighted by molar-refractivity contribution is 7.92. The van der Waals surface area contributed by atoms with Gasteiger partial charge in [0.2, 0.25) is 0 Å². The molecule has 0 unspecified atom stereocenters. The van der Waals surface area contributed by atoms with E-state index in [9.17, 15) is 13.2 Å². The van der Waals surface area contributed by atoms with Gasteiger partial charge in [0.15, 0.2) is 0 Å². The molecule has 6 heteroatoms. The smallest absolute Gasteiger partial charge is 0.337 e. The first kappa shape index (κ1) is 17.0. The predicted octanol–water partition coefficient (Wildman–Crippen LogP) is 3.40. The van der Waals surface area contributed by atoms with Crippen LogP contribution in [0.1, 0.15) is 35.7 Å². The van der Waals surface area contributed by atoms with E-state index in [4.69, 9.17) is 0 Å². The van der Waals surface area contributed by atoms with Crippen molar-refractivity contribution in [2.45, 2.75) is 24.7 Å². The molecule has 0 fully saturated rings. The van der Waals surface area contributed by atoms with Crippen molar-refractivity contribution in [2.24, 2.45) is 0 Å². The van der Waals surface area contributed by atoms with Crippen LogP contribution in [-0.4, -0.2) is 21.5 Å². The third kappa shape index (κ3) is 4.10. The molecular weight excluding hydrogens is 314 g/mol. The number of hydrogen-bond donors (Lipinski definition) is 1. The summed E-state index contributed by atoms with van der Waals surface area (Å²) in [4.78, 5) is 11.7. The molecule has 5 nitrogen and oxygen atoms in total. The minimum Gasteiger partial charge on any atom is -0.465 e. The van der Waals surface area contributed by atoms with Crippen LogP contribution in [0.3, 0.4) is 0 Å². The Bertz CT molecular complexity index is 796. The molecule has 0 heterocycles. The van der Waals surface area contributed by atoms with Crippen LogP contribution in [0.5, 0.6) is 0 Å². The molecule has 2 aromatic rings. The lowest BCUT2D eigenvalue weighted by Gasteiger charge is -2.10. The molecule has 0 aliphatic carbocycles.